The SMILES string of the molecule is CCS(=O)(=O)Nc1ccc(-c2cc[c]cc2)c(OC)c1. The molecule has 2 aromatic carbocycles. The maximum Gasteiger partial charge on any atom is 0.232 e. The van der Waals surface area contributed by atoms with Gasteiger partial charge in [0.15, 0.2) is 0 Å². The predicted molar refractivity (Wildman–Crippen MR) is 80.3 cm³/mol. The quantitative estimate of drug-likeness (QED) is 0.921. The van der Waals surface area contributed by atoms with Gasteiger partial charge in [-0.1, -0.05) is 24.3 Å². The summed E-state index contributed by atoms with van der Waals surface area (Å²) in [6, 6.07) is 15.7. The molecule has 4 nitrogen and oxygen atoms in total. The first-order valence-corrected chi connectivity index (χ1v) is 7.86. The molecule has 105 valence electrons. The number of hydrogen-bond donors (Lipinski definition) is 1. The summed E-state index contributed by atoms with van der Waals surface area (Å²) in [5.74, 6) is 0.651. The first-order valence-electron chi connectivity index (χ1n) is 6.21. The molecule has 20 heavy (non-hydrogen) atoms. The molecule has 0 heterocycles. The molecule has 1 radical (unpaired) electrons. The monoisotopic (exact) mass is 290 g/mol. The van der Waals surface area contributed by atoms with Crippen LogP contribution in [0.15, 0.2) is 42.5 Å². The highest BCUT2D eigenvalue weighted by Crippen LogP contribution is 2.32. The van der Waals surface area contributed by atoms with Crippen LogP contribution in [0.5, 0.6) is 5.75 Å². The van der Waals surface area contributed by atoms with Crippen LogP contribution in [0.2, 0.25) is 0 Å². The second-order valence-electron chi connectivity index (χ2n) is 4.21. The zero-order valence-corrected chi connectivity index (χ0v) is 12.2. The van der Waals surface area contributed by atoms with Gasteiger partial charge < -0.3 is 4.74 Å². The average Bonchev–Trinajstić information content (AvgIpc) is 2.47. The van der Waals surface area contributed by atoms with Gasteiger partial charge in [-0.2, -0.15) is 0 Å². The Balaban J connectivity index is 2.39. The van der Waals surface area contributed by atoms with Gasteiger partial charge in [0, 0.05) is 11.6 Å². The Morgan fingerprint density at radius 1 is 1.20 bits per heavy atom. The Morgan fingerprint density at radius 3 is 2.50 bits per heavy atom. The van der Waals surface area contributed by atoms with E-state index in [0.29, 0.717) is 11.4 Å². The molecular weight excluding hydrogens is 274 g/mol. The first kappa shape index (κ1) is 14.4. The maximum absolute atomic E-state index is 11.6. The third-order valence-corrected chi connectivity index (χ3v) is 4.19. The Hall–Kier alpha value is -2.01. The molecule has 0 amide bonds. The smallest absolute Gasteiger partial charge is 0.232 e. The fourth-order valence-corrected chi connectivity index (χ4v) is 2.44. The number of methoxy groups -OCH3 is 1. The third kappa shape index (κ3) is 3.30. The summed E-state index contributed by atoms with van der Waals surface area (Å²) in [5.41, 5.74) is 2.39. The normalized spacial score (nSPS) is 11.1. The van der Waals surface area contributed by atoms with Crippen molar-refractivity contribution in [2.45, 2.75) is 6.92 Å². The zero-order valence-electron chi connectivity index (χ0n) is 11.4. The lowest BCUT2D eigenvalue weighted by atomic mass is 10.0. The van der Waals surface area contributed by atoms with Crippen LogP contribution < -0.4 is 9.46 Å². The number of hydrogen-bond acceptors (Lipinski definition) is 3. The van der Waals surface area contributed by atoms with Crippen LogP contribution in [-0.4, -0.2) is 21.3 Å². The van der Waals surface area contributed by atoms with E-state index in [9.17, 15) is 8.42 Å². The first-order chi connectivity index (χ1) is 9.55. The lowest BCUT2D eigenvalue weighted by Crippen LogP contribution is -2.14. The minimum Gasteiger partial charge on any atom is -0.496 e. The van der Waals surface area contributed by atoms with Crippen molar-refractivity contribution >= 4 is 15.7 Å². The molecule has 1 N–H and O–H groups in total. The average molecular weight is 290 g/mol. The maximum atomic E-state index is 11.6. The summed E-state index contributed by atoms with van der Waals surface area (Å²) in [6.45, 7) is 1.59. The van der Waals surface area contributed by atoms with Crippen molar-refractivity contribution in [3.63, 3.8) is 0 Å². The molecule has 0 saturated heterocycles. The molecule has 0 aromatic heterocycles. The Labute approximate surface area is 119 Å². The van der Waals surface area contributed by atoms with Crippen LogP contribution in [0.1, 0.15) is 6.92 Å². The van der Waals surface area contributed by atoms with E-state index in [1.54, 1.807) is 26.2 Å². The molecule has 0 aliphatic rings. The van der Waals surface area contributed by atoms with Crippen molar-refractivity contribution < 1.29 is 13.2 Å². The molecule has 2 rings (SSSR count). The van der Waals surface area contributed by atoms with Gasteiger partial charge in [0.25, 0.3) is 0 Å². The van der Waals surface area contributed by atoms with Crippen LogP contribution in [0.25, 0.3) is 11.1 Å². The van der Waals surface area contributed by atoms with E-state index in [1.165, 1.54) is 0 Å². The molecule has 0 unspecified atom stereocenters. The van der Waals surface area contributed by atoms with Gasteiger partial charge >= 0.3 is 0 Å². The van der Waals surface area contributed by atoms with E-state index < -0.39 is 10.0 Å². The fraction of sp³-hybridized carbons (Fsp3) is 0.200. The highest BCUT2D eigenvalue weighted by molar-refractivity contribution is 7.92. The fourth-order valence-electron chi connectivity index (χ4n) is 1.81. The van der Waals surface area contributed by atoms with E-state index in [2.05, 4.69) is 10.8 Å². The van der Waals surface area contributed by atoms with E-state index in [-0.39, 0.29) is 5.75 Å². The van der Waals surface area contributed by atoms with Crippen LogP contribution >= 0.6 is 0 Å². The van der Waals surface area contributed by atoms with E-state index in [1.807, 2.05) is 30.3 Å². The van der Waals surface area contributed by atoms with Crippen molar-refractivity contribution in [3.05, 3.63) is 48.5 Å². The van der Waals surface area contributed by atoms with Crippen molar-refractivity contribution in [2.24, 2.45) is 0 Å². The number of rotatable bonds is 5. The second-order valence-corrected chi connectivity index (χ2v) is 6.22. The van der Waals surface area contributed by atoms with Gasteiger partial charge in [0.2, 0.25) is 10.0 Å². The zero-order chi connectivity index (χ0) is 14.6. The Kier molecular flexibility index (Phi) is 4.29. The van der Waals surface area contributed by atoms with Crippen LogP contribution in [0.3, 0.4) is 0 Å². The summed E-state index contributed by atoms with van der Waals surface area (Å²) < 4.78 is 31.0. The molecule has 0 spiro atoms. The Morgan fingerprint density at radius 2 is 1.90 bits per heavy atom. The lowest BCUT2D eigenvalue weighted by Gasteiger charge is -2.12. The largest absolute Gasteiger partial charge is 0.496 e. The molecule has 5 heteroatoms. The molecule has 0 fully saturated rings. The number of ether oxygens (including phenoxy) is 1. The molecule has 0 bridgehead atoms. The van der Waals surface area contributed by atoms with Crippen molar-refractivity contribution in [1.29, 1.82) is 0 Å². The topological polar surface area (TPSA) is 55.4 Å². The highest BCUT2D eigenvalue weighted by atomic mass is 32.2. The summed E-state index contributed by atoms with van der Waals surface area (Å²) in [6.07, 6.45) is 0. The summed E-state index contributed by atoms with van der Waals surface area (Å²) in [4.78, 5) is 0. The second kappa shape index (κ2) is 5.96. The number of nitrogens with one attached hydrogen (secondary N) is 1. The Bertz CT molecular complexity index is 682. The number of anilines is 1. The van der Waals surface area contributed by atoms with E-state index in [0.717, 1.165) is 11.1 Å². The highest BCUT2D eigenvalue weighted by Gasteiger charge is 2.10. The van der Waals surface area contributed by atoms with E-state index >= 15 is 0 Å². The minimum atomic E-state index is -3.29. The molecule has 2 aromatic rings. The van der Waals surface area contributed by atoms with Gasteiger partial charge in [-0.05, 0) is 30.7 Å². The minimum absolute atomic E-state index is 0.0333. The van der Waals surface area contributed by atoms with Crippen LogP contribution in [0, 0.1) is 6.07 Å². The van der Waals surface area contributed by atoms with Gasteiger partial charge in [-0.3, -0.25) is 4.72 Å². The van der Waals surface area contributed by atoms with Crippen molar-refractivity contribution in [2.75, 3.05) is 17.6 Å². The third-order valence-electron chi connectivity index (χ3n) is 2.88. The standard InChI is InChI=1S/C15H16NO3S/c1-3-20(17,18)16-13-9-10-14(15(11-13)19-2)12-7-5-4-6-8-12/h5-11,16H,3H2,1-2H3. The summed E-state index contributed by atoms with van der Waals surface area (Å²) in [7, 11) is -1.72. The molecular formula is C15H16NO3S. The summed E-state index contributed by atoms with van der Waals surface area (Å²) in [5, 5.41) is 0. The molecule has 0 aliphatic carbocycles. The molecule has 0 aliphatic heterocycles. The van der Waals surface area contributed by atoms with Gasteiger partial charge in [0.05, 0.1) is 18.6 Å². The van der Waals surface area contributed by atoms with Gasteiger partial charge in [-0.25, -0.2) is 8.42 Å². The van der Waals surface area contributed by atoms with Gasteiger partial charge in [-0.15, -0.1) is 0 Å². The van der Waals surface area contributed by atoms with Crippen molar-refractivity contribution in [1.82, 2.24) is 0 Å². The van der Waals surface area contributed by atoms with Crippen LogP contribution in [0.4, 0.5) is 5.69 Å². The van der Waals surface area contributed by atoms with Crippen LogP contribution in [-0.2, 0) is 10.0 Å². The predicted octanol–water partition coefficient (Wildman–Crippen LogP) is 2.92. The molecule has 0 saturated carbocycles. The van der Waals surface area contributed by atoms with Gasteiger partial charge in [0.1, 0.15) is 5.75 Å². The summed E-state index contributed by atoms with van der Waals surface area (Å²) >= 11 is 0. The number of benzene rings is 2. The number of sulfonamides is 1. The molecule has 0 atom stereocenters. The van der Waals surface area contributed by atoms with Crippen molar-refractivity contribution in [3.8, 4) is 16.9 Å². The van der Waals surface area contributed by atoms with E-state index in [4.69, 9.17) is 4.74 Å². The lowest BCUT2D eigenvalue weighted by molar-refractivity contribution is 0.416.